The Hall–Kier alpha value is -0.820. The van der Waals surface area contributed by atoms with Crippen molar-refractivity contribution in [2.24, 2.45) is 4.99 Å². The van der Waals surface area contributed by atoms with Crippen LogP contribution in [0.5, 0.6) is 0 Å². The van der Waals surface area contributed by atoms with E-state index in [1.807, 2.05) is 18.0 Å². The standard InChI is InChI=1S/C16H23ClFN3.HI/c1-4-5-6-12-21(3)16(19-2)20-11-10-13-14(17)8-7-9-15(13)18;/h4,7-9H,1,5-6,10-12H2,2-3H3,(H,19,20);1H. The van der Waals surface area contributed by atoms with E-state index in [0.717, 1.165) is 25.3 Å². The second kappa shape index (κ2) is 11.7. The molecule has 0 heterocycles. The van der Waals surface area contributed by atoms with Crippen molar-refractivity contribution in [3.05, 3.63) is 47.3 Å². The number of halogens is 3. The maximum Gasteiger partial charge on any atom is 0.193 e. The highest BCUT2D eigenvalue weighted by molar-refractivity contribution is 14.0. The Bertz CT molecular complexity index is 474. The average molecular weight is 440 g/mol. The molecule has 1 aromatic carbocycles. The van der Waals surface area contributed by atoms with Gasteiger partial charge in [-0.15, -0.1) is 30.6 Å². The molecule has 0 spiro atoms. The number of unbranched alkanes of at least 4 members (excludes halogenated alkanes) is 1. The summed E-state index contributed by atoms with van der Waals surface area (Å²) in [6, 6.07) is 4.74. The summed E-state index contributed by atoms with van der Waals surface area (Å²) >= 11 is 6.01. The lowest BCUT2D eigenvalue weighted by molar-refractivity contribution is 0.470. The molecule has 1 rings (SSSR count). The number of aliphatic imine (C=N–C) groups is 1. The first-order valence-corrected chi connectivity index (χ1v) is 7.43. The Morgan fingerprint density at radius 2 is 2.23 bits per heavy atom. The van der Waals surface area contributed by atoms with Crippen molar-refractivity contribution in [3.63, 3.8) is 0 Å². The van der Waals surface area contributed by atoms with Crippen LogP contribution in [0.15, 0.2) is 35.8 Å². The van der Waals surface area contributed by atoms with Crippen LogP contribution in [0.25, 0.3) is 0 Å². The van der Waals surface area contributed by atoms with E-state index in [1.54, 1.807) is 19.2 Å². The van der Waals surface area contributed by atoms with E-state index in [-0.39, 0.29) is 29.8 Å². The van der Waals surface area contributed by atoms with E-state index in [4.69, 9.17) is 11.6 Å². The van der Waals surface area contributed by atoms with E-state index in [9.17, 15) is 4.39 Å². The van der Waals surface area contributed by atoms with Gasteiger partial charge in [0.15, 0.2) is 5.96 Å². The lowest BCUT2D eigenvalue weighted by Gasteiger charge is -2.22. The molecule has 3 nitrogen and oxygen atoms in total. The number of nitrogens with one attached hydrogen (secondary N) is 1. The Balaban J connectivity index is 0.00000441. The Labute approximate surface area is 154 Å². The molecular formula is C16H24ClFIN3. The fraction of sp³-hybridized carbons (Fsp3) is 0.438. The molecule has 0 aliphatic carbocycles. The van der Waals surface area contributed by atoms with E-state index in [1.165, 1.54) is 6.07 Å². The van der Waals surface area contributed by atoms with Crippen LogP contribution in [0.2, 0.25) is 5.02 Å². The molecule has 0 fully saturated rings. The Morgan fingerprint density at radius 3 is 2.82 bits per heavy atom. The molecule has 6 heteroatoms. The Kier molecular flexibility index (Phi) is 11.3. The summed E-state index contributed by atoms with van der Waals surface area (Å²) < 4.78 is 13.7. The summed E-state index contributed by atoms with van der Waals surface area (Å²) in [5, 5.41) is 3.69. The van der Waals surface area contributed by atoms with Gasteiger partial charge in [-0.2, -0.15) is 0 Å². The molecule has 0 aromatic heterocycles. The van der Waals surface area contributed by atoms with Crippen molar-refractivity contribution >= 4 is 41.5 Å². The third kappa shape index (κ3) is 6.96. The van der Waals surface area contributed by atoms with Crippen molar-refractivity contribution in [3.8, 4) is 0 Å². The van der Waals surface area contributed by atoms with Crippen LogP contribution in [0.4, 0.5) is 4.39 Å². The van der Waals surface area contributed by atoms with Crippen LogP contribution in [0, 0.1) is 5.82 Å². The van der Waals surface area contributed by atoms with Crippen LogP contribution in [0.1, 0.15) is 18.4 Å². The van der Waals surface area contributed by atoms with Gasteiger partial charge in [0.1, 0.15) is 5.82 Å². The van der Waals surface area contributed by atoms with Crippen molar-refractivity contribution < 1.29 is 4.39 Å². The molecular weight excluding hydrogens is 416 g/mol. The number of hydrogen-bond donors (Lipinski definition) is 1. The first-order chi connectivity index (χ1) is 10.1. The normalized spacial score (nSPS) is 10.8. The van der Waals surface area contributed by atoms with Crippen LogP contribution < -0.4 is 5.32 Å². The fourth-order valence-corrected chi connectivity index (χ4v) is 2.29. The molecule has 0 unspecified atom stereocenters. The van der Waals surface area contributed by atoms with E-state index >= 15 is 0 Å². The molecule has 0 saturated heterocycles. The number of guanidine groups is 1. The summed E-state index contributed by atoms with van der Waals surface area (Å²) in [5.74, 6) is 0.533. The molecule has 0 saturated carbocycles. The molecule has 1 N–H and O–H groups in total. The molecule has 1 aromatic rings. The zero-order chi connectivity index (χ0) is 15.7. The summed E-state index contributed by atoms with van der Waals surface area (Å²) in [5.41, 5.74) is 0.538. The highest BCUT2D eigenvalue weighted by Gasteiger charge is 2.08. The predicted molar refractivity (Wildman–Crippen MR) is 104 cm³/mol. The van der Waals surface area contributed by atoms with Gasteiger partial charge in [-0.3, -0.25) is 4.99 Å². The number of allylic oxidation sites excluding steroid dienone is 1. The first kappa shape index (κ1) is 21.2. The quantitative estimate of drug-likeness (QED) is 0.228. The van der Waals surface area contributed by atoms with Crippen LogP contribution in [0.3, 0.4) is 0 Å². The Morgan fingerprint density at radius 1 is 1.50 bits per heavy atom. The first-order valence-electron chi connectivity index (χ1n) is 7.05. The fourth-order valence-electron chi connectivity index (χ4n) is 2.03. The lowest BCUT2D eigenvalue weighted by atomic mass is 10.1. The van der Waals surface area contributed by atoms with E-state index < -0.39 is 0 Å². The van der Waals surface area contributed by atoms with Crippen molar-refractivity contribution in [2.75, 3.05) is 27.2 Å². The second-order valence-electron chi connectivity index (χ2n) is 4.78. The van der Waals surface area contributed by atoms with Crippen LogP contribution in [-0.4, -0.2) is 38.0 Å². The van der Waals surface area contributed by atoms with Gasteiger partial charge in [-0.25, -0.2) is 4.39 Å². The van der Waals surface area contributed by atoms with Gasteiger partial charge in [-0.1, -0.05) is 23.7 Å². The van der Waals surface area contributed by atoms with Crippen molar-refractivity contribution in [1.82, 2.24) is 10.2 Å². The maximum atomic E-state index is 13.7. The number of rotatable bonds is 7. The summed E-state index contributed by atoms with van der Waals surface area (Å²) in [7, 11) is 3.72. The molecule has 0 radical (unpaired) electrons. The molecule has 0 bridgehead atoms. The van der Waals surface area contributed by atoms with Gasteiger partial charge in [-0.05, 0) is 31.4 Å². The third-order valence-corrected chi connectivity index (χ3v) is 3.55. The zero-order valence-electron chi connectivity index (χ0n) is 13.1. The molecule has 0 atom stereocenters. The topological polar surface area (TPSA) is 27.6 Å². The van der Waals surface area contributed by atoms with E-state index in [2.05, 4.69) is 16.9 Å². The summed E-state index contributed by atoms with van der Waals surface area (Å²) in [4.78, 5) is 6.27. The van der Waals surface area contributed by atoms with Crippen LogP contribution in [-0.2, 0) is 6.42 Å². The minimum atomic E-state index is -0.265. The average Bonchev–Trinajstić information content (AvgIpc) is 2.46. The minimum Gasteiger partial charge on any atom is -0.356 e. The highest BCUT2D eigenvalue weighted by Crippen LogP contribution is 2.18. The third-order valence-electron chi connectivity index (χ3n) is 3.19. The van der Waals surface area contributed by atoms with E-state index in [0.29, 0.717) is 23.6 Å². The largest absolute Gasteiger partial charge is 0.356 e. The van der Waals surface area contributed by atoms with Crippen molar-refractivity contribution in [2.45, 2.75) is 19.3 Å². The van der Waals surface area contributed by atoms with Gasteiger partial charge in [0.05, 0.1) is 0 Å². The molecule has 0 amide bonds. The monoisotopic (exact) mass is 439 g/mol. The molecule has 0 aliphatic rings. The maximum absolute atomic E-state index is 13.7. The van der Waals surface area contributed by atoms with Gasteiger partial charge in [0.25, 0.3) is 0 Å². The second-order valence-corrected chi connectivity index (χ2v) is 5.18. The van der Waals surface area contributed by atoms with Crippen LogP contribution >= 0.6 is 35.6 Å². The predicted octanol–water partition coefficient (Wildman–Crippen LogP) is 4.11. The SMILES string of the molecule is C=CCCCN(C)C(=NC)NCCc1c(F)cccc1Cl.I. The van der Waals surface area contributed by atoms with Gasteiger partial charge < -0.3 is 10.2 Å². The summed E-state index contributed by atoms with van der Waals surface area (Å²) in [6.45, 7) is 5.19. The summed E-state index contributed by atoms with van der Waals surface area (Å²) in [6.07, 6.45) is 4.43. The van der Waals surface area contributed by atoms with Gasteiger partial charge >= 0.3 is 0 Å². The number of nitrogens with zero attached hydrogens (tertiary/aromatic N) is 2. The molecule has 124 valence electrons. The number of benzene rings is 1. The highest BCUT2D eigenvalue weighted by atomic mass is 127. The molecule has 22 heavy (non-hydrogen) atoms. The zero-order valence-corrected chi connectivity index (χ0v) is 16.2. The minimum absolute atomic E-state index is 0. The number of hydrogen-bond acceptors (Lipinski definition) is 1. The smallest absolute Gasteiger partial charge is 0.193 e. The van der Waals surface area contributed by atoms with Gasteiger partial charge in [0, 0.05) is 37.8 Å². The van der Waals surface area contributed by atoms with Gasteiger partial charge in [0.2, 0.25) is 0 Å². The van der Waals surface area contributed by atoms with Crippen molar-refractivity contribution in [1.29, 1.82) is 0 Å². The molecule has 0 aliphatic heterocycles. The lowest BCUT2D eigenvalue weighted by Crippen LogP contribution is -2.40.